The van der Waals surface area contributed by atoms with Gasteiger partial charge in [-0.15, -0.1) is 0 Å². The van der Waals surface area contributed by atoms with Crippen LogP contribution in [0.3, 0.4) is 0 Å². The Balaban J connectivity index is 1.89. The molecule has 0 aliphatic carbocycles. The Labute approximate surface area is 154 Å². The summed E-state index contributed by atoms with van der Waals surface area (Å²) in [5, 5.41) is 13.9. The van der Waals surface area contributed by atoms with Crippen molar-refractivity contribution in [1.82, 2.24) is 5.43 Å². The van der Waals surface area contributed by atoms with E-state index >= 15 is 0 Å². The van der Waals surface area contributed by atoms with Gasteiger partial charge < -0.3 is 9.84 Å². The van der Waals surface area contributed by atoms with Crippen LogP contribution in [0.25, 0.3) is 0 Å². The van der Waals surface area contributed by atoms with E-state index < -0.39 is 5.91 Å². The predicted octanol–water partition coefficient (Wildman–Crippen LogP) is 4.10. The van der Waals surface area contributed by atoms with Gasteiger partial charge in [0, 0.05) is 10.0 Å². The van der Waals surface area contributed by atoms with Crippen LogP contribution in [-0.2, 0) is 4.79 Å². The molecule has 0 saturated carbocycles. The molecule has 0 aliphatic heterocycles. The fourth-order valence-electron chi connectivity index (χ4n) is 1.56. The van der Waals surface area contributed by atoms with Crippen molar-refractivity contribution in [2.75, 3.05) is 6.61 Å². The van der Waals surface area contributed by atoms with E-state index in [2.05, 4.69) is 42.4 Å². The molecule has 0 saturated heterocycles. The summed E-state index contributed by atoms with van der Waals surface area (Å²) < 4.78 is 6.56. The molecule has 0 aromatic heterocycles. The minimum atomic E-state index is -0.432. The number of halogens is 3. The van der Waals surface area contributed by atoms with Crippen LogP contribution in [0.5, 0.6) is 11.5 Å². The van der Waals surface area contributed by atoms with Crippen molar-refractivity contribution in [2.24, 2.45) is 5.10 Å². The molecule has 0 spiro atoms. The number of ether oxygens (including phenoxy) is 1. The highest BCUT2D eigenvalue weighted by Gasteiger charge is 2.06. The molecule has 23 heavy (non-hydrogen) atoms. The van der Waals surface area contributed by atoms with Crippen molar-refractivity contribution in [1.29, 1.82) is 0 Å². The number of aromatic hydroxyl groups is 1. The van der Waals surface area contributed by atoms with Gasteiger partial charge >= 0.3 is 0 Å². The molecule has 2 aromatic rings. The van der Waals surface area contributed by atoms with E-state index in [1.807, 2.05) is 0 Å². The zero-order valence-electron chi connectivity index (χ0n) is 11.6. The summed E-state index contributed by atoms with van der Waals surface area (Å²) in [6, 6.07) is 10.0. The molecule has 5 nitrogen and oxygen atoms in total. The summed E-state index contributed by atoms with van der Waals surface area (Å²) in [6.45, 7) is -0.214. The molecule has 2 N–H and O–H groups in total. The summed E-state index contributed by atoms with van der Waals surface area (Å²) in [5.74, 6) is 0.0653. The molecule has 0 bridgehead atoms. The van der Waals surface area contributed by atoms with Crippen molar-refractivity contribution < 1.29 is 14.6 Å². The molecule has 0 aliphatic rings. The number of carbonyl (C=O) groups is 1. The maximum atomic E-state index is 11.7. The van der Waals surface area contributed by atoms with Gasteiger partial charge in [-0.2, -0.15) is 5.10 Å². The fourth-order valence-corrected chi connectivity index (χ4v) is 2.85. The lowest BCUT2D eigenvalue weighted by atomic mass is 10.2. The Morgan fingerprint density at radius 1 is 1.30 bits per heavy atom. The number of phenols is 1. The van der Waals surface area contributed by atoms with Crippen LogP contribution in [0.4, 0.5) is 0 Å². The van der Waals surface area contributed by atoms with E-state index in [1.165, 1.54) is 12.3 Å². The molecule has 2 rings (SSSR count). The second kappa shape index (κ2) is 8.33. The number of para-hydroxylation sites is 1. The van der Waals surface area contributed by atoms with Crippen molar-refractivity contribution in [2.45, 2.75) is 0 Å². The summed E-state index contributed by atoms with van der Waals surface area (Å²) in [5.41, 5.74) is 2.94. The normalized spacial score (nSPS) is 10.7. The summed E-state index contributed by atoms with van der Waals surface area (Å²) >= 11 is 12.4. The van der Waals surface area contributed by atoms with Crippen molar-refractivity contribution >= 4 is 55.6 Å². The third-order valence-electron chi connectivity index (χ3n) is 2.65. The largest absolute Gasteiger partial charge is 0.507 e. The van der Waals surface area contributed by atoms with E-state index in [4.69, 9.17) is 16.3 Å². The van der Waals surface area contributed by atoms with E-state index in [9.17, 15) is 9.90 Å². The zero-order valence-corrected chi connectivity index (χ0v) is 15.5. The lowest BCUT2D eigenvalue weighted by Crippen LogP contribution is -2.24. The Bertz CT molecular complexity index is 753. The smallest absolute Gasteiger partial charge is 0.277 e. The lowest BCUT2D eigenvalue weighted by molar-refractivity contribution is -0.123. The highest BCUT2D eigenvalue weighted by atomic mass is 79.9. The average Bonchev–Trinajstić information content (AvgIpc) is 2.51. The molecule has 0 unspecified atom stereocenters. The van der Waals surface area contributed by atoms with E-state index in [0.29, 0.717) is 25.3 Å². The SMILES string of the molecule is O=C(COc1ccccc1Cl)NN=Cc1cc(O)c(Br)cc1Br. The maximum absolute atomic E-state index is 11.7. The quantitative estimate of drug-likeness (QED) is 0.519. The van der Waals surface area contributed by atoms with Gasteiger partial charge in [-0.3, -0.25) is 4.79 Å². The number of nitrogens with zero attached hydrogens (tertiary/aromatic N) is 1. The van der Waals surface area contributed by atoms with Crippen LogP contribution in [0.2, 0.25) is 5.02 Å². The fraction of sp³-hybridized carbons (Fsp3) is 0.0667. The number of nitrogens with one attached hydrogen (secondary N) is 1. The Hall–Kier alpha value is -1.57. The van der Waals surface area contributed by atoms with Gasteiger partial charge in [-0.05, 0) is 40.2 Å². The second-order valence-corrected chi connectivity index (χ2v) is 6.45. The van der Waals surface area contributed by atoms with Crippen LogP contribution < -0.4 is 10.2 Å². The molecule has 0 heterocycles. The first-order chi connectivity index (χ1) is 11.0. The summed E-state index contributed by atoms with van der Waals surface area (Å²) in [4.78, 5) is 11.7. The van der Waals surface area contributed by atoms with Gasteiger partial charge in [0.15, 0.2) is 6.61 Å². The number of hydrazone groups is 1. The van der Waals surface area contributed by atoms with Crippen molar-refractivity contribution in [3.8, 4) is 11.5 Å². The minimum Gasteiger partial charge on any atom is -0.507 e. The van der Waals surface area contributed by atoms with Gasteiger partial charge in [0.05, 0.1) is 15.7 Å². The van der Waals surface area contributed by atoms with Crippen LogP contribution in [-0.4, -0.2) is 23.8 Å². The summed E-state index contributed by atoms with van der Waals surface area (Å²) in [6.07, 6.45) is 1.41. The third kappa shape index (κ3) is 5.23. The Morgan fingerprint density at radius 2 is 2.04 bits per heavy atom. The minimum absolute atomic E-state index is 0.0722. The van der Waals surface area contributed by atoms with Gasteiger partial charge in [0.2, 0.25) is 0 Å². The molecule has 0 atom stereocenters. The molecular formula is C15H11Br2ClN2O3. The Morgan fingerprint density at radius 3 is 2.78 bits per heavy atom. The average molecular weight is 463 g/mol. The highest BCUT2D eigenvalue weighted by Crippen LogP contribution is 2.29. The molecule has 8 heteroatoms. The topological polar surface area (TPSA) is 70.9 Å². The first-order valence-corrected chi connectivity index (χ1v) is 8.31. The number of hydrogen-bond donors (Lipinski definition) is 2. The van der Waals surface area contributed by atoms with Gasteiger partial charge in [0.25, 0.3) is 5.91 Å². The first-order valence-electron chi connectivity index (χ1n) is 6.34. The first kappa shape index (κ1) is 17.8. The second-order valence-electron chi connectivity index (χ2n) is 4.34. The maximum Gasteiger partial charge on any atom is 0.277 e. The molecule has 0 radical (unpaired) electrons. The van der Waals surface area contributed by atoms with Crippen LogP contribution >= 0.6 is 43.5 Å². The zero-order chi connectivity index (χ0) is 16.8. The van der Waals surface area contributed by atoms with Crippen molar-refractivity contribution in [3.63, 3.8) is 0 Å². The van der Waals surface area contributed by atoms with Gasteiger partial charge in [-0.1, -0.05) is 39.7 Å². The lowest BCUT2D eigenvalue weighted by Gasteiger charge is -2.06. The van der Waals surface area contributed by atoms with Crippen LogP contribution in [0.15, 0.2) is 50.4 Å². The molecule has 1 amide bonds. The van der Waals surface area contributed by atoms with E-state index in [1.54, 1.807) is 30.3 Å². The summed E-state index contributed by atoms with van der Waals surface area (Å²) in [7, 11) is 0. The molecule has 120 valence electrons. The van der Waals surface area contributed by atoms with E-state index in [-0.39, 0.29) is 12.4 Å². The molecular weight excluding hydrogens is 451 g/mol. The molecule has 0 fully saturated rings. The van der Waals surface area contributed by atoms with Crippen LogP contribution in [0, 0.1) is 0 Å². The van der Waals surface area contributed by atoms with Crippen LogP contribution in [0.1, 0.15) is 5.56 Å². The number of phenolic OH excluding ortho intramolecular Hbond substituents is 1. The number of rotatable bonds is 5. The Kier molecular flexibility index (Phi) is 6.44. The predicted molar refractivity (Wildman–Crippen MR) is 96.2 cm³/mol. The number of amides is 1. The molecule has 2 aromatic carbocycles. The number of benzene rings is 2. The third-order valence-corrected chi connectivity index (χ3v) is 4.29. The van der Waals surface area contributed by atoms with Gasteiger partial charge in [-0.25, -0.2) is 5.43 Å². The number of carbonyl (C=O) groups excluding carboxylic acids is 1. The highest BCUT2D eigenvalue weighted by molar-refractivity contribution is 9.11. The standard InChI is InChI=1S/C15H11Br2ClN2O3/c16-10-6-11(17)13(21)5-9(10)7-19-20-15(22)8-23-14-4-2-1-3-12(14)18/h1-7,21H,8H2,(H,20,22). The monoisotopic (exact) mass is 460 g/mol. The van der Waals surface area contributed by atoms with Gasteiger partial charge in [0.1, 0.15) is 11.5 Å². The van der Waals surface area contributed by atoms with E-state index in [0.717, 1.165) is 0 Å². The number of hydrogen-bond acceptors (Lipinski definition) is 4. The van der Waals surface area contributed by atoms with Crippen molar-refractivity contribution in [3.05, 3.63) is 55.9 Å².